The van der Waals surface area contributed by atoms with Gasteiger partial charge in [-0.3, -0.25) is 9.10 Å². The smallest absolute Gasteiger partial charge is 0.244 e. The Bertz CT molecular complexity index is 1050. The molecule has 2 aromatic rings. The zero-order valence-corrected chi connectivity index (χ0v) is 21.0. The Hall–Kier alpha value is -2.54. The number of hydrogen-bond acceptors (Lipinski definition) is 4. The van der Waals surface area contributed by atoms with Crippen molar-refractivity contribution in [2.45, 2.75) is 71.4 Å². The van der Waals surface area contributed by atoms with Crippen LogP contribution >= 0.6 is 0 Å². The van der Waals surface area contributed by atoms with Gasteiger partial charge >= 0.3 is 0 Å². The molecule has 0 saturated heterocycles. The first-order valence-electron chi connectivity index (χ1n) is 11.9. The molecule has 0 bridgehead atoms. The first-order valence-corrected chi connectivity index (χ1v) is 13.8. The SMILES string of the molecule is CCOc1ccc(N([C@@H](CC)C(=O)N[C@@H](CC)c2ccc3c(c2)CCCC3)S(C)(=O)=O)cc1. The predicted molar refractivity (Wildman–Crippen MR) is 133 cm³/mol. The maximum Gasteiger partial charge on any atom is 0.244 e. The summed E-state index contributed by atoms with van der Waals surface area (Å²) in [5, 5.41) is 3.13. The van der Waals surface area contributed by atoms with Crippen molar-refractivity contribution in [1.82, 2.24) is 5.32 Å². The lowest BCUT2D eigenvalue weighted by Gasteiger charge is -2.31. The quantitative estimate of drug-likeness (QED) is 0.540. The lowest BCUT2D eigenvalue weighted by atomic mass is 9.88. The fraction of sp³-hybridized carbons (Fsp3) is 0.500. The number of hydrogen-bond donors (Lipinski definition) is 1. The molecule has 2 atom stereocenters. The Morgan fingerprint density at radius 3 is 2.24 bits per heavy atom. The van der Waals surface area contributed by atoms with Gasteiger partial charge in [-0.05, 0) is 86.4 Å². The molecule has 1 N–H and O–H groups in total. The molecule has 0 unspecified atom stereocenters. The standard InChI is InChI=1S/C26H36N2O4S/c1-5-24(21-13-12-19-10-8-9-11-20(19)18-21)27-26(29)25(6-2)28(33(4,30)31)22-14-16-23(17-15-22)32-7-3/h12-18,24-25H,5-11H2,1-4H3,(H,27,29)/t24-,25-/m0/s1. The van der Waals surface area contributed by atoms with Gasteiger partial charge in [0.15, 0.2) is 0 Å². The van der Waals surface area contributed by atoms with E-state index in [-0.39, 0.29) is 11.9 Å². The highest BCUT2D eigenvalue weighted by Gasteiger charge is 2.32. The van der Waals surface area contributed by atoms with Crippen molar-refractivity contribution in [3.8, 4) is 5.75 Å². The number of nitrogens with one attached hydrogen (secondary N) is 1. The number of carbonyl (C=O) groups is 1. The molecule has 1 amide bonds. The number of amides is 1. The Labute approximate surface area is 198 Å². The Balaban J connectivity index is 1.85. The van der Waals surface area contributed by atoms with E-state index in [4.69, 9.17) is 4.74 Å². The maximum absolute atomic E-state index is 13.4. The van der Waals surface area contributed by atoms with E-state index in [1.807, 2.05) is 20.8 Å². The second-order valence-electron chi connectivity index (χ2n) is 8.61. The van der Waals surface area contributed by atoms with Crippen LogP contribution in [-0.4, -0.2) is 33.2 Å². The average molecular weight is 473 g/mol. The molecule has 7 heteroatoms. The molecule has 0 heterocycles. The number of sulfonamides is 1. The summed E-state index contributed by atoms with van der Waals surface area (Å²) in [5.74, 6) is 0.368. The van der Waals surface area contributed by atoms with Crippen LogP contribution in [-0.2, 0) is 27.7 Å². The van der Waals surface area contributed by atoms with E-state index in [2.05, 4.69) is 23.5 Å². The summed E-state index contributed by atoms with van der Waals surface area (Å²) >= 11 is 0. The Kier molecular flexibility index (Phi) is 8.40. The monoisotopic (exact) mass is 472 g/mol. The lowest BCUT2D eigenvalue weighted by molar-refractivity contribution is -0.123. The Morgan fingerprint density at radius 2 is 1.67 bits per heavy atom. The van der Waals surface area contributed by atoms with Crippen LogP contribution in [0.2, 0.25) is 0 Å². The van der Waals surface area contributed by atoms with Gasteiger partial charge in [-0.25, -0.2) is 8.42 Å². The van der Waals surface area contributed by atoms with Gasteiger partial charge in [0.2, 0.25) is 15.9 Å². The summed E-state index contributed by atoms with van der Waals surface area (Å²) in [6.07, 6.45) is 6.83. The lowest BCUT2D eigenvalue weighted by Crippen LogP contribution is -2.50. The van der Waals surface area contributed by atoms with Crippen molar-refractivity contribution in [3.05, 3.63) is 59.2 Å². The van der Waals surface area contributed by atoms with Gasteiger partial charge in [-0.2, -0.15) is 0 Å². The molecule has 0 aliphatic heterocycles. The third-order valence-corrected chi connectivity index (χ3v) is 7.41. The van der Waals surface area contributed by atoms with Crippen molar-refractivity contribution < 1.29 is 17.9 Å². The first-order chi connectivity index (χ1) is 15.8. The molecule has 33 heavy (non-hydrogen) atoms. The summed E-state index contributed by atoms with van der Waals surface area (Å²) in [4.78, 5) is 13.4. The van der Waals surface area contributed by atoms with Crippen LogP contribution in [0.15, 0.2) is 42.5 Å². The van der Waals surface area contributed by atoms with Gasteiger partial charge in [0.05, 0.1) is 24.6 Å². The highest BCUT2D eigenvalue weighted by atomic mass is 32.2. The second-order valence-corrected chi connectivity index (χ2v) is 10.5. The van der Waals surface area contributed by atoms with Crippen molar-refractivity contribution >= 4 is 21.6 Å². The number of ether oxygens (including phenoxy) is 1. The van der Waals surface area contributed by atoms with Crippen molar-refractivity contribution in [3.63, 3.8) is 0 Å². The van der Waals surface area contributed by atoms with Crippen LogP contribution in [0.3, 0.4) is 0 Å². The zero-order valence-electron chi connectivity index (χ0n) is 20.1. The number of carbonyl (C=O) groups excluding carboxylic acids is 1. The molecule has 3 rings (SSSR count). The number of anilines is 1. The van der Waals surface area contributed by atoms with E-state index in [1.54, 1.807) is 24.3 Å². The van der Waals surface area contributed by atoms with Gasteiger partial charge in [0, 0.05) is 0 Å². The predicted octanol–water partition coefficient (Wildman–Crippen LogP) is 4.78. The first kappa shape index (κ1) is 25.1. The van der Waals surface area contributed by atoms with Gasteiger partial charge < -0.3 is 10.1 Å². The van der Waals surface area contributed by atoms with Crippen LogP contribution < -0.4 is 14.4 Å². The summed E-state index contributed by atoms with van der Waals surface area (Å²) in [5.41, 5.74) is 4.29. The second kappa shape index (κ2) is 11.1. The molecule has 6 nitrogen and oxygen atoms in total. The molecule has 0 aromatic heterocycles. The molecule has 0 saturated carbocycles. The van der Waals surface area contributed by atoms with Crippen LogP contribution in [0.5, 0.6) is 5.75 Å². The average Bonchev–Trinajstić information content (AvgIpc) is 2.80. The number of rotatable bonds is 10. The third-order valence-electron chi connectivity index (χ3n) is 6.23. The molecular weight excluding hydrogens is 436 g/mol. The van der Waals surface area contributed by atoms with Crippen molar-refractivity contribution in [1.29, 1.82) is 0 Å². The fourth-order valence-electron chi connectivity index (χ4n) is 4.58. The summed E-state index contributed by atoms with van der Waals surface area (Å²) in [7, 11) is -3.69. The minimum atomic E-state index is -3.69. The third kappa shape index (κ3) is 6.08. The van der Waals surface area contributed by atoms with Gasteiger partial charge in [0.1, 0.15) is 11.8 Å². The zero-order chi connectivity index (χ0) is 24.0. The highest BCUT2D eigenvalue weighted by Crippen LogP contribution is 2.28. The van der Waals surface area contributed by atoms with E-state index >= 15 is 0 Å². The number of benzene rings is 2. The molecule has 180 valence electrons. The normalized spacial score (nSPS) is 15.3. The maximum atomic E-state index is 13.4. The van der Waals surface area contributed by atoms with Crippen molar-refractivity contribution in [2.24, 2.45) is 0 Å². The number of aryl methyl sites for hydroxylation is 2. The molecule has 0 fully saturated rings. The minimum Gasteiger partial charge on any atom is -0.494 e. The highest BCUT2D eigenvalue weighted by molar-refractivity contribution is 7.92. The van der Waals surface area contributed by atoms with E-state index < -0.39 is 16.1 Å². The molecule has 1 aliphatic carbocycles. The van der Waals surface area contributed by atoms with E-state index in [1.165, 1.54) is 28.3 Å². The van der Waals surface area contributed by atoms with Crippen LogP contribution in [0.4, 0.5) is 5.69 Å². The van der Waals surface area contributed by atoms with Gasteiger partial charge in [0.25, 0.3) is 0 Å². The topological polar surface area (TPSA) is 75.7 Å². The molecule has 0 spiro atoms. The molecule has 0 radical (unpaired) electrons. The van der Waals surface area contributed by atoms with E-state index in [0.717, 1.165) is 31.1 Å². The van der Waals surface area contributed by atoms with E-state index in [9.17, 15) is 13.2 Å². The Morgan fingerprint density at radius 1 is 1.00 bits per heavy atom. The van der Waals surface area contributed by atoms with Crippen LogP contribution in [0.25, 0.3) is 0 Å². The fourth-order valence-corrected chi connectivity index (χ4v) is 5.79. The summed E-state index contributed by atoms with van der Waals surface area (Å²) < 4.78 is 32.2. The van der Waals surface area contributed by atoms with E-state index in [0.29, 0.717) is 24.5 Å². The number of nitrogens with zero attached hydrogens (tertiary/aromatic N) is 1. The minimum absolute atomic E-state index is 0.166. The molecule has 1 aliphatic rings. The molecular formula is C26H36N2O4S. The van der Waals surface area contributed by atoms with Crippen LogP contribution in [0, 0.1) is 0 Å². The van der Waals surface area contributed by atoms with Gasteiger partial charge in [-0.15, -0.1) is 0 Å². The summed E-state index contributed by atoms with van der Waals surface area (Å²) in [6, 6.07) is 12.3. The largest absolute Gasteiger partial charge is 0.494 e. The van der Waals surface area contributed by atoms with Crippen LogP contribution in [0.1, 0.15) is 69.2 Å². The number of fused-ring (bicyclic) bond motifs is 1. The molecule has 2 aromatic carbocycles. The summed E-state index contributed by atoms with van der Waals surface area (Å²) in [6.45, 7) is 6.28. The van der Waals surface area contributed by atoms with Gasteiger partial charge in [-0.1, -0.05) is 32.0 Å². The van der Waals surface area contributed by atoms with Crippen molar-refractivity contribution in [2.75, 3.05) is 17.2 Å².